The van der Waals surface area contributed by atoms with Gasteiger partial charge in [-0.15, -0.1) is 5.10 Å². The average Bonchev–Trinajstić information content (AvgIpc) is 3.36. The fourth-order valence-corrected chi connectivity index (χ4v) is 4.55. The number of nitrogens with one attached hydrogen (secondary N) is 1. The van der Waals surface area contributed by atoms with Crippen molar-refractivity contribution in [3.8, 4) is 11.5 Å². The van der Waals surface area contributed by atoms with Gasteiger partial charge in [-0.3, -0.25) is 9.69 Å². The lowest BCUT2D eigenvalue weighted by Gasteiger charge is -2.32. The summed E-state index contributed by atoms with van der Waals surface area (Å²) in [4.78, 5) is 18.5. The van der Waals surface area contributed by atoms with Gasteiger partial charge in [-0.1, -0.05) is 19.1 Å². The lowest BCUT2D eigenvalue weighted by atomic mass is 10.0. The number of ether oxygens (including phenoxy) is 2. The van der Waals surface area contributed by atoms with E-state index in [0.717, 1.165) is 40.2 Å². The molecule has 4 aromatic rings. The van der Waals surface area contributed by atoms with Crippen molar-refractivity contribution in [1.82, 2.24) is 30.1 Å². The Labute approximate surface area is 217 Å². The number of tetrazole rings is 1. The highest BCUT2D eigenvalue weighted by molar-refractivity contribution is 5.80. The van der Waals surface area contributed by atoms with Gasteiger partial charge in [0.1, 0.15) is 11.5 Å². The van der Waals surface area contributed by atoms with E-state index in [1.54, 1.807) is 7.11 Å². The van der Waals surface area contributed by atoms with Gasteiger partial charge in [0.05, 0.1) is 25.3 Å². The SMILES string of the molecule is CCOc1ccc2[nH]c(=O)c(CN(Cc3ccc(OC)cc3)[C@H](CC)c3nnnn3C(C)(C)C)cc2c1. The molecule has 1 atom stereocenters. The Morgan fingerprint density at radius 3 is 2.41 bits per heavy atom. The predicted octanol–water partition coefficient (Wildman–Crippen LogP) is 4.83. The fraction of sp³-hybridized carbons (Fsp3) is 0.429. The van der Waals surface area contributed by atoms with E-state index in [1.165, 1.54) is 0 Å². The highest BCUT2D eigenvalue weighted by atomic mass is 16.5. The fourth-order valence-electron chi connectivity index (χ4n) is 4.55. The first-order chi connectivity index (χ1) is 17.7. The van der Waals surface area contributed by atoms with E-state index in [2.05, 4.69) is 53.1 Å². The van der Waals surface area contributed by atoms with E-state index in [1.807, 2.05) is 60.1 Å². The second kappa shape index (κ2) is 11.1. The van der Waals surface area contributed by atoms with Crippen LogP contribution in [0, 0.1) is 0 Å². The van der Waals surface area contributed by atoms with Gasteiger partial charge in [-0.05, 0) is 86.5 Å². The van der Waals surface area contributed by atoms with Crippen molar-refractivity contribution in [2.24, 2.45) is 0 Å². The first kappa shape index (κ1) is 26.3. The number of methoxy groups -OCH3 is 1. The van der Waals surface area contributed by atoms with Crippen LogP contribution in [0.1, 0.15) is 64.0 Å². The van der Waals surface area contributed by atoms with E-state index in [9.17, 15) is 4.79 Å². The van der Waals surface area contributed by atoms with Gasteiger partial charge in [-0.2, -0.15) is 0 Å². The molecule has 9 nitrogen and oxygen atoms in total. The van der Waals surface area contributed by atoms with Gasteiger partial charge in [0.2, 0.25) is 0 Å². The second-order valence-electron chi connectivity index (χ2n) is 10.1. The maximum absolute atomic E-state index is 13.2. The number of nitrogens with zero attached hydrogens (tertiary/aromatic N) is 5. The Balaban J connectivity index is 1.76. The Bertz CT molecular complexity index is 1390. The molecule has 0 aliphatic carbocycles. The predicted molar refractivity (Wildman–Crippen MR) is 144 cm³/mol. The van der Waals surface area contributed by atoms with Gasteiger partial charge in [0.15, 0.2) is 5.82 Å². The quantitative estimate of drug-likeness (QED) is 0.330. The molecule has 0 bridgehead atoms. The maximum atomic E-state index is 13.2. The molecule has 0 saturated heterocycles. The molecule has 0 amide bonds. The molecule has 2 aromatic heterocycles. The highest BCUT2D eigenvalue weighted by Gasteiger charge is 2.29. The third-order valence-electron chi connectivity index (χ3n) is 6.38. The number of rotatable bonds is 10. The van der Waals surface area contributed by atoms with Crippen LogP contribution in [0.25, 0.3) is 10.9 Å². The average molecular weight is 505 g/mol. The molecule has 0 saturated carbocycles. The first-order valence-electron chi connectivity index (χ1n) is 12.7. The molecule has 196 valence electrons. The monoisotopic (exact) mass is 504 g/mol. The minimum absolute atomic E-state index is 0.110. The molecule has 2 aromatic carbocycles. The molecule has 37 heavy (non-hydrogen) atoms. The summed E-state index contributed by atoms with van der Waals surface area (Å²) in [5, 5.41) is 13.6. The van der Waals surface area contributed by atoms with Crippen LogP contribution in [0.5, 0.6) is 11.5 Å². The standard InChI is InChI=1S/C28H36N6O3/c1-7-25(26-30-31-32-34(26)28(3,4)5)33(17-19-9-11-22(36-6)12-10-19)18-21-15-20-16-23(37-8-2)13-14-24(20)29-27(21)35/h9-16,25H,7-8,17-18H2,1-6H3,(H,29,35)/t25-/m1/s1. The summed E-state index contributed by atoms with van der Waals surface area (Å²) in [5.74, 6) is 2.35. The van der Waals surface area contributed by atoms with Crippen molar-refractivity contribution < 1.29 is 9.47 Å². The zero-order valence-electron chi connectivity index (χ0n) is 22.5. The Hall–Kier alpha value is -3.72. The molecule has 0 fully saturated rings. The van der Waals surface area contributed by atoms with E-state index >= 15 is 0 Å². The van der Waals surface area contributed by atoms with Crippen LogP contribution in [-0.4, -0.2) is 43.8 Å². The van der Waals surface area contributed by atoms with Crippen LogP contribution in [0.4, 0.5) is 0 Å². The molecule has 0 aliphatic rings. The van der Waals surface area contributed by atoms with Crippen molar-refractivity contribution in [3.63, 3.8) is 0 Å². The molecule has 0 spiro atoms. The minimum atomic E-state index is -0.284. The van der Waals surface area contributed by atoms with E-state index in [4.69, 9.17) is 9.47 Å². The van der Waals surface area contributed by atoms with Crippen molar-refractivity contribution in [3.05, 3.63) is 75.8 Å². The third kappa shape index (κ3) is 5.99. The lowest BCUT2D eigenvalue weighted by molar-refractivity contribution is 0.153. The number of fused-ring (bicyclic) bond motifs is 1. The van der Waals surface area contributed by atoms with E-state index in [-0.39, 0.29) is 17.1 Å². The Kier molecular flexibility index (Phi) is 7.92. The number of pyridine rings is 1. The highest BCUT2D eigenvalue weighted by Crippen LogP contribution is 2.29. The number of aromatic amines is 1. The second-order valence-corrected chi connectivity index (χ2v) is 10.1. The third-order valence-corrected chi connectivity index (χ3v) is 6.38. The number of H-pyrrole nitrogens is 1. The number of benzene rings is 2. The van der Waals surface area contributed by atoms with E-state index < -0.39 is 0 Å². The van der Waals surface area contributed by atoms with Crippen LogP contribution < -0.4 is 15.0 Å². The summed E-state index contributed by atoms with van der Waals surface area (Å²) in [6.45, 7) is 11.9. The Morgan fingerprint density at radius 1 is 1.03 bits per heavy atom. The van der Waals surface area contributed by atoms with Gasteiger partial charge in [0, 0.05) is 29.6 Å². The minimum Gasteiger partial charge on any atom is -0.497 e. The summed E-state index contributed by atoms with van der Waals surface area (Å²) in [5.41, 5.74) is 2.16. The normalized spacial score (nSPS) is 12.7. The maximum Gasteiger partial charge on any atom is 0.252 e. The van der Waals surface area contributed by atoms with Gasteiger partial charge in [0.25, 0.3) is 5.56 Å². The number of hydrogen-bond donors (Lipinski definition) is 1. The summed E-state index contributed by atoms with van der Waals surface area (Å²) >= 11 is 0. The smallest absolute Gasteiger partial charge is 0.252 e. The summed E-state index contributed by atoms with van der Waals surface area (Å²) in [6, 6.07) is 15.6. The number of aromatic nitrogens is 5. The number of hydrogen-bond acceptors (Lipinski definition) is 7. The molecular weight excluding hydrogens is 468 g/mol. The molecule has 4 rings (SSSR count). The van der Waals surface area contributed by atoms with Gasteiger partial charge >= 0.3 is 0 Å². The lowest BCUT2D eigenvalue weighted by Crippen LogP contribution is -2.35. The zero-order chi connectivity index (χ0) is 26.6. The summed E-state index contributed by atoms with van der Waals surface area (Å²) in [7, 11) is 1.66. The molecule has 0 unspecified atom stereocenters. The van der Waals surface area contributed by atoms with E-state index in [0.29, 0.717) is 25.3 Å². The molecule has 0 aliphatic heterocycles. The molecule has 2 heterocycles. The van der Waals surface area contributed by atoms with Crippen LogP contribution in [0.2, 0.25) is 0 Å². The van der Waals surface area contributed by atoms with Crippen LogP contribution in [0.3, 0.4) is 0 Å². The Morgan fingerprint density at radius 2 is 1.76 bits per heavy atom. The zero-order valence-corrected chi connectivity index (χ0v) is 22.5. The van der Waals surface area contributed by atoms with Gasteiger partial charge < -0.3 is 14.5 Å². The van der Waals surface area contributed by atoms with Gasteiger partial charge in [-0.25, -0.2) is 4.68 Å². The van der Waals surface area contributed by atoms with Crippen LogP contribution in [0.15, 0.2) is 53.3 Å². The largest absolute Gasteiger partial charge is 0.497 e. The van der Waals surface area contributed by atoms with Crippen molar-refractivity contribution >= 4 is 10.9 Å². The van der Waals surface area contributed by atoms with Crippen molar-refractivity contribution in [1.29, 1.82) is 0 Å². The summed E-state index contributed by atoms with van der Waals surface area (Å²) < 4.78 is 12.9. The molecule has 9 heteroatoms. The topological polar surface area (TPSA) is 98.2 Å². The van der Waals surface area contributed by atoms with Crippen LogP contribution >= 0.6 is 0 Å². The summed E-state index contributed by atoms with van der Waals surface area (Å²) in [6.07, 6.45) is 0.770. The molecule has 0 radical (unpaired) electrons. The molecular formula is C28H36N6O3. The van der Waals surface area contributed by atoms with Crippen molar-refractivity contribution in [2.75, 3.05) is 13.7 Å². The van der Waals surface area contributed by atoms with Crippen molar-refractivity contribution in [2.45, 2.75) is 65.7 Å². The first-order valence-corrected chi connectivity index (χ1v) is 12.7. The molecule has 1 N–H and O–H groups in total. The van der Waals surface area contributed by atoms with Crippen LogP contribution in [-0.2, 0) is 18.6 Å².